The van der Waals surface area contributed by atoms with E-state index in [9.17, 15) is 9.59 Å². The number of aromatic nitrogens is 1. The van der Waals surface area contributed by atoms with Crippen molar-refractivity contribution >= 4 is 17.6 Å². The van der Waals surface area contributed by atoms with Gasteiger partial charge in [0.1, 0.15) is 0 Å². The van der Waals surface area contributed by atoms with E-state index in [1.165, 1.54) is 11.1 Å². The molecule has 3 aromatic rings. The van der Waals surface area contributed by atoms with Crippen LogP contribution in [0, 0.1) is 13.8 Å². The van der Waals surface area contributed by atoms with Gasteiger partial charge in [-0.05, 0) is 92.8 Å². The average Bonchev–Trinajstić information content (AvgIpc) is 3.32. The van der Waals surface area contributed by atoms with Gasteiger partial charge in [-0.2, -0.15) is 0 Å². The smallest absolute Gasteiger partial charge is 0.338 e. The predicted molar refractivity (Wildman–Crippen MR) is 113 cm³/mol. The second-order valence-corrected chi connectivity index (χ2v) is 7.46. The molecule has 0 aliphatic heterocycles. The van der Waals surface area contributed by atoms with Crippen molar-refractivity contribution in [1.29, 1.82) is 0 Å². The summed E-state index contributed by atoms with van der Waals surface area (Å²) in [5.41, 5.74) is 7.03. The number of hydrogen-bond donors (Lipinski definition) is 1. The number of ether oxygens (including phenoxy) is 1. The highest BCUT2D eigenvalue weighted by Crippen LogP contribution is 2.25. The molecule has 0 fully saturated rings. The predicted octanol–water partition coefficient (Wildman–Crippen LogP) is 4.38. The molecule has 1 amide bonds. The topological polar surface area (TPSA) is 60.3 Å². The number of esters is 1. The summed E-state index contributed by atoms with van der Waals surface area (Å²) in [5, 5.41) is 2.80. The van der Waals surface area contributed by atoms with Gasteiger partial charge in [0.2, 0.25) is 0 Å². The van der Waals surface area contributed by atoms with Gasteiger partial charge in [0.15, 0.2) is 6.61 Å². The molecule has 0 spiro atoms. The summed E-state index contributed by atoms with van der Waals surface area (Å²) in [4.78, 5) is 24.4. The molecule has 148 valence electrons. The Labute approximate surface area is 170 Å². The van der Waals surface area contributed by atoms with Crippen LogP contribution in [-0.2, 0) is 22.4 Å². The molecule has 5 heteroatoms. The molecule has 1 aliphatic rings. The number of amides is 1. The number of rotatable bonds is 5. The lowest BCUT2D eigenvalue weighted by atomic mass is 10.1. The zero-order valence-electron chi connectivity index (χ0n) is 16.7. The van der Waals surface area contributed by atoms with E-state index in [1.54, 1.807) is 12.1 Å². The highest BCUT2D eigenvalue weighted by atomic mass is 16.5. The minimum absolute atomic E-state index is 0.312. The van der Waals surface area contributed by atoms with Crippen molar-refractivity contribution in [2.24, 2.45) is 0 Å². The van der Waals surface area contributed by atoms with Crippen LogP contribution in [0.2, 0.25) is 0 Å². The van der Waals surface area contributed by atoms with E-state index in [1.807, 2.05) is 38.1 Å². The van der Waals surface area contributed by atoms with E-state index < -0.39 is 5.97 Å². The molecule has 0 saturated heterocycles. The lowest BCUT2D eigenvalue weighted by molar-refractivity contribution is -0.119. The van der Waals surface area contributed by atoms with Crippen molar-refractivity contribution in [1.82, 2.24) is 4.57 Å². The quantitative estimate of drug-likeness (QED) is 0.660. The molecule has 1 aliphatic carbocycles. The Bertz CT molecular complexity index is 1040. The minimum Gasteiger partial charge on any atom is -0.452 e. The van der Waals surface area contributed by atoms with E-state index in [0.717, 1.165) is 42.0 Å². The monoisotopic (exact) mass is 388 g/mol. The number of anilines is 1. The minimum atomic E-state index is -0.512. The molecule has 0 radical (unpaired) electrons. The maximum Gasteiger partial charge on any atom is 0.338 e. The van der Waals surface area contributed by atoms with Gasteiger partial charge in [0.05, 0.1) is 5.56 Å². The zero-order chi connectivity index (χ0) is 20.4. The maximum absolute atomic E-state index is 12.3. The molecule has 0 saturated carbocycles. The molecule has 1 heterocycles. The number of hydrogen-bond acceptors (Lipinski definition) is 3. The second kappa shape index (κ2) is 7.95. The van der Waals surface area contributed by atoms with Crippen molar-refractivity contribution < 1.29 is 14.3 Å². The fourth-order valence-corrected chi connectivity index (χ4v) is 3.88. The first-order valence-electron chi connectivity index (χ1n) is 9.85. The molecule has 0 bridgehead atoms. The largest absolute Gasteiger partial charge is 0.452 e. The van der Waals surface area contributed by atoms with E-state index >= 15 is 0 Å². The molecule has 0 unspecified atom stereocenters. The van der Waals surface area contributed by atoms with Crippen LogP contribution in [0.3, 0.4) is 0 Å². The van der Waals surface area contributed by atoms with Crippen LogP contribution < -0.4 is 5.32 Å². The third-order valence-electron chi connectivity index (χ3n) is 5.35. The molecule has 4 rings (SSSR count). The van der Waals surface area contributed by atoms with E-state index in [0.29, 0.717) is 5.56 Å². The van der Waals surface area contributed by atoms with Gasteiger partial charge < -0.3 is 14.6 Å². The summed E-state index contributed by atoms with van der Waals surface area (Å²) >= 11 is 0. The first-order chi connectivity index (χ1) is 14.0. The lowest BCUT2D eigenvalue weighted by Gasteiger charge is -2.11. The van der Waals surface area contributed by atoms with Gasteiger partial charge in [-0.25, -0.2) is 4.79 Å². The summed E-state index contributed by atoms with van der Waals surface area (Å²) in [6, 6.07) is 17.3. The first kappa shape index (κ1) is 19.0. The van der Waals surface area contributed by atoms with Gasteiger partial charge in [-0.3, -0.25) is 4.79 Å². The zero-order valence-corrected chi connectivity index (χ0v) is 16.7. The summed E-state index contributed by atoms with van der Waals surface area (Å²) in [6.45, 7) is 3.76. The fourth-order valence-electron chi connectivity index (χ4n) is 3.88. The average molecular weight is 388 g/mol. The maximum atomic E-state index is 12.3. The number of aryl methyl sites for hydroxylation is 4. The molecule has 29 heavy (non-hydrogen) atoms. The van der Waals surface area contributed by atoms with Crippen molar-refractivity contribution in [2.75, 3.05) is 11.9 Å². The van der Waals surface area contributed by atoms with Crippen LogP contribution >= 0.6 is 0 Å². The van der Waals surface area contributed by atoms with Crippen LogP contribution in [0.15, 0.2) is 54.6 Å². The van der Waals surface area contributed by atoms with E-state index in [4.69, 9.17) is 4.74 Å². The summed E-state index contributed by atoms with van der Waals surface area (Å²) in [7, 11) is 0. The number of carbonyl (C=O) groups excluding carboxylic acids is 2. The number of fused-ring (bicyclic) bond motifs is 1. The van der Waals surface area contributed by atoms with E-state index in [2.05, 4.69) is 28.1 Å². The summed E-state index contributed by atoms with van der Waals surface area (Å²) < 4.78 is 7.29. The molecule has 1 N–H and O–H groups in total. The van der Waals surface area contributed by atoms with Crippen molar-refractivity contribution in [3.8, 4) is 5.69 Å². The Balaban J connectivity index is 1.34. The van der Waals surface area contributed by atoms with Crippen LogP contribution in [-0.4, -0.2) is 23.1 Å². The molecule has 2 aromatic carbocycles. The van der Waals surface area contributed by atoms with Crippen LogP contribution in [0.4, 0.5) is 5.69 Å². The van der Waals surface area contributed by atoms with Crippen molar-refractivity contribution in [3.63, 3.8) is 0 Å². The van der Waals surface area contributed by atoms with Gasteiger partial charge in [-0.1, -0.05) is 6.07 Å². The normalized spacial score (nSPS) is 12.5. The molecule has 0 atom stereocenters. The highest BCUT2D eigenvalue weighted by molar-refractivity contribution is 5.95. The van der Waals surface area contributed by atoms with Crippen molar-refractivity contribution in [2.45, 2.75) is 33.1 Å². The van der Waals surface area contributed by atoms with E-state index in [-0.39, 0.29) is 12.5 Å². The van der Waals surface area contributed by atoms with Crippen molar-refractivity contribution in [3.05, 3.63) is 82.7 Å². The number of carbonyl (C=O) groups is 2. The van der Waals surface area contributed by atoms with Crippen LogP contribution in [0.1, 0.15) is 39.3 Å². The standard InChI is InChI=1S/C24H24N2O3/c1-16-6-7-17(2)26(16)22-12-9-19(10-13-22)24(28)29-15-23(27)25-21-11-8-18-4-3-5-20(18)14-21/h6-14H,3-5,15H2,1-2H3,(H,25,27). The lowest BCUT2D eigenvalue weighted by Crippen LogP contribution is -2.21. The second-order valence-electron chi connectivity index (χ2n) is 7.46. The third kappa shape index (κ3) is 4.09. The van der Waals surface area contributed by atoms with Gasteiger partial charge >= 0.3 is 5.97 Å². The molecular formula is C24H24N2O3. The number of nitrogens with zero attached hydrogens (tertiary/aromatic N) is 1. The fraction of sp³-hybridized carbons (Fsp3) is 0.250. The number of nitrogens with one attached hydrogen (secondary N) is 1. The van der Waals surface area contributed by atoms with Gasteiger partial charge in [-0.15, -0.1) is 0 Å². The van der Waals surface area contributed by atoms with Gasteiger partial charge in [0.25, 0.3) is 5.91 Å². The third-order valence-corrected chi connectivity index (χ3v) is 5.35. The summed E-state index contributed by atoms with van der Waals surface area (Å²) in [6.07, 6.45) is 3.31. The van der Waals surface area contributed by atoms with Crippen LogP contribution in [0.25, 0.3) is 5.69 Å². The first-order valence-corrected chi connectivity index (χ1v) is 9.85. The molecular weight excluding hydrogens is 364 g/mol. The number of benzene rings is 2. The SMILES string of the molecule is Cc1ccc(C)n1-c1ccc(C(=O)OCC(=O)Nc2ccc3c(c2)CCC3)cc1. The Kier molecular flexibility index (Phi) is 5.21. The molecule has 5 nitrogen and oxygen atoms in total. The Hall–Kier alpha value is -3.34. The Morgan fingerprint density at radius 1 is 0.931 bits per heavy atom. The summed E-state index contributed by atoms with van der Waals surface area (Å²) in [5.74, 6) is -0.854. The van der Waals surface area contributed by atoms with Crippen LogP contribution in [0.5, 0.6) is 0 Å². The Morgan fingerprint density at radius 2 is 1.62 bits per heavy atom. The molecule has 1 aromatic heterocycles. The Morgan fingerprint density at radius 3 is 2.34 bits per heavy atom. The van der Waals surface area contributed by atoms with Gasteiger partial charge in [0, 0.05) is 22.8 Å². The highest BCUT2D eigenvalue weighted by Gasteiger charge is 2.14.